The summed E-state index contributed by atoms with van der Waals surface area (Å²) in [7, 11) is 0. The monoisotopic (exact) mass is 285 g/mol. The molecule has 0 bridgehead atoms. The van der Waals surface area contributed by atoms with Crippen molar-refractivity contribution >= 4 is 11.9 Å². The fourth-order valence-corrected chi connectivity index (χ4v) is 2.49. The second-order valence-corrected chi connectivity index (χ2v) is 5.51. The standard InChI is InChI=1S/C14H23NO5/c1-10(14(17)18)15(11-4-5-11)13(16)6-8-19-9-12-3-2-7-20-12/h10-12H,2-9H2,1H3,(H,17,18). The van der Waals surface area contributed by atoms with Gasteiger partial charge in [0.05, 0.1) is 25.7 Å². The molecule has 0 spiro atoms. The summed E-state index contributed by atoms with van der Waals surface area (Å²) < 4.78 is 10.9. The summed E-state index contributed by atoms with van der Waals surface area (Å²) in [6.07, 6.45) is 4.28. The van der Waals surface area contributed by atoms with Crippen LogP contribution in [0.3, 0.4) is 0 Å². The van der Waals surface area contributed by atoms with Gasteiger partial charge in [-0.15, -0.1) is 0 Å². The molecule has 0 aromatic rings. The minimum atomic E-state index is -0.953. The van der Waals surface area contributed by atoms with Gasteiger partial charge in [0, 0.05) is 12.6 Å². The second-order valence-electron chi connectivity index (χ2n) is 5.51. The smallest absolute Gasteiger partial charge is 0.326 e. The summed E-state index contributed by atoms with van der Waals surface area (Å²) in [6, 6.07) is -0.653. The molecule has 2 rings (SSSR count). The van der Waals surface area contributed by atoms with Crippen LogP contribution in [0, 0.1) is 0 Å². The summed E-state index contributed by atoms with van der Waals surface area (Å²) in [5.41, 5.74) is 0. The van der Waals surface area contributed by atoms with Crippen LogP contribution in [-0.2, 0) is 19.1 Å². The summed E-state index contributed by atoms with van der Waals surface area (Å²) in [6.45, 7) is 3.20. The molecule has 20 heavy (non-hydrogen) atoms. The molecule has 2 atom stereocenters. The lowest BCUT2D eigenvalue weighted by Gasteiger charge is -2.26. The summed E-state index contributed by atoms with van der Waals surface area (Å²) in [4.78, 5) is 24.7. The molecular weight excluding hydrogens is 262 g/mol. The summed E-state index contributed by atoms with van der Waals surface area (Å²) in [5, 5.41) is 9.05. The minimum Gasteiger partial charge on any atom is -0.480 e. The maximum absolute atomic E-state index is 12.1. The minimum absolute atomic E-state index is 0.103. The van der Waals surface area contributed by atoms with E-state index in [1.54, 1.807) is 6.92 Å². The lowest BCUT2D eigenvalue weighted by Crippen LogP contribution is -2.45. The lowest BCUT2D eigenvalue weighted by molar-refractivity contribution is -0.150. The molecule has 0 aromatic carbocycles. The van der Waals surface area contributed by atoms with Crippen molar-refractivity contribution in [2.45, 2.75) is 57.2 Å². The van der Waals surface area contributed by atoms with E-state index >= 15 is 0 Å². The fourth-order valence-electron chi connectivity index (χ4n) is 2.49. The molecule has 1 heterocycles. The van der Waals surface area contributed by atoms with Crippen LogP contribution in [0.15, 0.2) is 0 Å². The molecule has 1 N–H and O–H groups in total. The van der Waals surface area contributed by atoms with Gasteiger partial charge in [0.1, 0.15) is 6.04 Å². The molecular formula is C14H23NO5. The van der Waals surface area contributed by atoms with Crippen LogP contribution in [0.5, 0.6) is 0 Å². The van der Waals surface area contributed by atoms with Gasteiger partial charge in [-0.1, -0.05) is 0 Å². The molecule has 2 aliphatic rings. The number of amides is 1. The van der Waals surface area contributed by atoms with Crippen molar-refractivity contribution < 1.29 is 24.2 Å². The van der Waals surface area contributed by atoms with E-state index in [1.165, 1.54) is 4.90 Å². The predicted molar refractivity (Wildman–Crippen MR) is 71.4 cm³/mol. The second kappa shape index (κ2) is 7.04. The van der Waals surface area contributed by atoms with Crippen molar-refractivity contribution in [2.75, 3.05) is 19.8 Å². The number of carbonyl (C=O) groups is 2. The molecule has 1 amide bonds. The average molecular weight is 285 g/mol. The molecule has 0 radical (unpaired) electrons. The number of aliphatic carboxylic acids is 1. The van der Waals surface area contributed by atoms with Crippen LogP contribution in [0.4, 0.5) is 0 Å². The Labute approximate surface area is 119 Å². The van der Waals surface area contributed by atoms with Crippen molar-refractivity contribution in [1.82, 2.24) is 4.90 Å². The average Bonchev–Trinajstić information content (AvgIpc) is 3.10. The highest BCUT2D eigenvalue weighted by Crippen LogP contribution is 2.29. The highest BCUT2D eigenvalue weighted by molar-refractivity contribution is 5.84. The van der Waals surface area contributed by atoms with E-state index in [1.807, 2.05) is 0 Å². The first-order valence-corrected chi connectivity index (χ1v) is 7.33. The lowest BCUT2D eigenvalue weighted by atomic mass is 10.2. The normalized spacial score (nSPS) is 23.6. The van der Waals surface area contributed by atoms with Crippen LogP contribution in [-0.4, -0.2) is 59.9 Å². The van der Waals surface area contributed by atoms with Crippen LogP contribution in [0.1, 0.15) is 39.0 Å². The highest BCUT2D eigenvalue weighted by Gasteiger charge is 2.37. The Morgan fingerprint density at radius 3 is 2.70 bits per heavy atom. The van der Waals surface area contributed by atoms with Gasteiger partial charge in [-0.3, -0.25) is 4.79 Å². The number of carboxylic acids is 1. The molecule has 1 saturated heterocycles. The molecule has 2 unspecified atom stereocenters. The molecule has 2 fully saturated rings. The van der Waals surface area contributed by atoms with E-state index in [9.17, 15) is 9.59 Å². The number of ether oxygens (including phenoxy) is 2. The Balaban J connectivity index is 1.70. The van der Waals surface area contributed by atoms with Crippen LogP contribution in [0.2, 0.25) is 0 Å². The summed E-state index contributed by atoms with van der Waals surface area (Å²) >= 11 is 0. The maximum Gasteiger partial charge on any atom is 0.326 e. The molecule has 6 heteroatoms. The maximum atomic E-state index is 12.1. The fraction of sp³-hybridized carbons (Fsp3) is 0.857. The van der Waals surface area contributed by atoms with Gasteiger partial charge in [-0.05, 0) is 32.6 Å². The highest BCUT2D eigenvalue weighted by atomic mass is 16.5. The number of nitrogens with zero attached hydrogens (tertiary/aromatic N) is 1. The first kappa shape index (κ1) is 15.3. The van der Waals surface area contributed by atoms with Crippen molar-refractivity contribution in [3.8, 4) is 0 Å². The molecule has 0 aromatic heterocycles. The predicted octanol–water partition coefficient (Wildman–Crippen LogP) is 1.04. The topological polar surface area (TPSA) is 76.1 Å². The third-order valence-corrected chi connectivity index (χ3v) is 3.79. The van der Waals surface area contributed by atoms with Gasteiger partial charge in [0.25, 0.3) is 0 Å². The van der Waals surface area contributed by atoms with E-state index in [4.69, 9.17) is 14.6 Å². The van der Waals surface area contributed by atoms with E-state index in [0.717, 1.165) is 32.3 Å². The van der Waals surface area contributed by atoms with Gasteiger partial charge >= 0.3 is 5.97 Å². The molecule has 1 saturated carbocycles. The number of carbonyl (C=O) groups excluding carboxylic acids is 1. The van der Waals surface area contributed by atoms with E-state index in [-0.39, 0.29) is 24.5 Å². The molecule has 114 valence electrons. The zero-order valence-electron chi connectivity index (χ0n) is 11.9. The van der Waals surface area contributed by atoms with Crippen molar-refractivity contribution in [2.24, 2.45) is 0 Å². The van der Waals surface area contributed by atoms with Gasteiger partial charge in [0.2, 0.25) is 5.91 Å². The Bertz CT molecular complexity index is 349. The van der Waals surface area contributed by atoms with Gasteiger partial charge < -0.3 is 19.5 Å². The largest absolute Gasteiger partial charge is 0.480 e. The SMILES string of the molecule is CC(C(=O)O)N(C(=O)CCOCC1CCCO1)C1CC1. The Kier molecular flexibility index (Phi) is 5.37. The first-order valence-electron chi connectivity index (χ1n) is 7.33. The number of hydrogen-bond donors (Lipinski definition) is 1. The molecule has 1 aliphatic heterocycles. The Morgan fingerprint density at radius 2 is 2.15 bits per heavy atom. The molecule has 1 aliphatic carbocycles. The van der Waals surface area contributed by atoms with E-state index in [0.29, 0.717) is 13.2 Å². The Morgan fingerprint density at radius 1 is 1.40 bits per heavy atom. The van der Waals surface area contributed by atoms with Gasteiger partial charge in [-0.2, -0.15) is 0 Å². The number of carboxylic acid groups (broad SMARTS) is 1. The third kappa shape index (κ3) is 4.18. The first-order chi connectivity index (χ1) is 9.59. The van der Waals surface area contributed by atoms with Crippen molar-refractivity contribution in [3.63, 3.8) is 0 Å². The van der Waals surface area contributed by atoms with Crippen LogP contribution >= 0.6 is 0 Å². The number of hydrogen-bond acceptors (Lipinski definition) is 4. The Hall–Kier alpha value is -1.14. The van der Waals surface area contributed by atoms with E-state index < -0.39 is 12.0 Å². The van der Waals surface area contributed by atoms with Crippen LogP contribution < -0.4 is 0 Å². The third-order valence-electron chi connectivity index (χ3n) is 3.79. The van der Waals surface area contributed by atoms with Crippen molar-refractivity contribution in [3.05, 3.63) is 0 Å². The number of rotatable bonds is 8. The quantitative estimate of drug-likeness (QED) is 0.674. The van der Waals surface area contributed by atoms with Gasteiger partial charge in [0.15, 0.2) is 0 Å². The van der Waals surface area contributed by atoms with Crippen molar-refractivity contribution in [1.29, 1.82) is 0 Å². The zero-order chi connectivity index (χ0) is 14.5. The van der Waals surface area contributed by atoms with Crippen LogP contribution in [0.25, 0.3) is 0 Å². The molecule has 6 nitrogen and oxygen atoms in total. The van der Waals surface area contributed by atoms with E-state index in [2.05, 4.69) is 0 Å². The zero-order valence-corrected chi connectivity index (χ0v) is 11.9. The summed E-state index contributed by atoms with van der Waals surface area (Å²) in [5.74, 6) is -1.08. The van der Waals surface area contributed by atoms with Gasteiger partial charge in [-0.25, -0.2) is 4.79 Å².